The molecule has 3 heterocycles. The van der Waals surface area contributed by atoms with E-state index in [1.54, 1.807) is 0 Å². The van der Waals surface area contributed by atoms with Crippen LogP contribution in [0.25, 0.3) is 0 Å². The molecule has 1 atom stereocenters. The van der Waals surface area contributed by atoms with E-state index in [2.05, 4.69) is 33.9 Å². The molecular weight excluding hydrogens is 242 g/mol. The Bertz CT molecular complexity index is 509. The van der Waals surface area contributed by atoms with Gasteiger partial charge >= 0.3 is 0 Å². The number of imidazole rings is 1. The first-order chi connectivity index (χ1) is 8.86. The Morgan fingerprint density at radius 3 is 3.06 bits per heavy atom. The van der Waals surface area contributed by atoms with Crippen LogP contribution in [0.1, 0.15) is 41.3 Å². The fraction of sp³-hybridized carbons (Fsp3) is 0.500. The summed E-state index contributed by atoms with van der Waals surface area (Å²) < 4.78 is 2.29. The van der Waals surface area contributed by atoms with Crippen molar-refractivity contribution in [3.63, 3.8) is 0 Å². The Morgan fingerprint density at radius 1 is 1.44 bits per heavy atom. The summed E-state index contributed by atoms with van der Waals surface area (Å²) in [7, 11) is 0. The summed E-state index contributed by atoms with van der Waals surface area (Å²) in [6.45, 7) is 4.30. The third-order valence-corrected chi connectivity index (χ3v) is 4.77. The van der Waals surface area contributed by atoms with Gasteiger partial charge in [-0.25, -0.2) is 4.98 Å². The second-order valence-corrected chi connectivity index (χ2v) is 6.07. The molecule has 2 aromatic heterocycles. The number of hydrogen-bond acceptors (Lipinski definition) is 3. The fourth-order valence-electron chi connectivity index (χ4n) is 2.56. The van der Waals surface area contributed by atoms with Gasteiger partial charge in [0.15, 0.2) is 0 Å². The number of hydrogen-bond donors (Lipinski definition) is 1. The molecule has 2 aromatic rings. The Balaban J connectivity index is 1.78. The van der Waals surface area contributed by atoms with Gasteiger partial charge in [0.2, 0.25) is 0 Å². The summed E-state index contributed by atoms with van der Waals surface area (Å²) in [4.78, 5) is 7.20. The van der Waals surface area contributed by atoms with Gasteiger partial charge in [-0.15, -0.1) is 11.3 Å². The highest BCUT2D eigenvalue weighted by molar-refractivity contribution is 7.11. The van der Waals surface area contributed by atoms with Crippen molar-refractivity contribution >= 4 is 11.3 Å². The highest BCUT2D eigenvalue weighted by atomic mass is 32.1. The van der Waals surface area contributed by atoms with Crippen LogP contribution in [0.15, 0.2) is 24.7 Å². The number of thiophene rings is 1. The third-order valence-electron chi connectivity index (χ3n) is 3.55. The van der Waals surface area contributed by atoms with E-state index in [4.69, 9.17) is 0 Å². The van der Waals surface area contributed by atoms with Crippen molar-refractivity contribution in [1.82, 2.24) is 14.9 Å². The molecule has 0 aromatic carbocycles. The van der Waals surface area contributed by atoms with Crippen LogP contribution in [0, 0.1) is 0 Å². The summed E-state index contributed by atoms with van der Waals surface area (Å²) >= 11 is 1.91. The highest BCUT2D eigenvalue weighted by Crippen LogP contribution is 2.24. The summed E-state index contributed by atoms with van der Waals surface area (Å²) in [5, 5.41) is 3.54. The SMILES string of the molecule is CCc1ccc(Cn2cncc2C2CCCN2)s1. The molecule has 4 heteroatoms. The van der Waals surface area contributed by atoms with Crippen LogP contribution in [-0.4, -0.2) is 16.1 Å². The number of aromatic nitrogens is 2. The molecule has 1 N–H and O–H groups in total. The van der Waals surface area contributed by atoms with Crippen LogP contribution in [-0.2, 0) is 13.0 Å². The minimum Gasteiger partial charge on any atom is -0.328 e. The van der Waals surface area contributed by atoms with E-state index in [-0.39, 0.29) is 0 Å². The number of aryl methyl sites for hydroxylation is 1. The van der Waals surface area contributed by atoms with Crippen molar-refractivity contribution in [2.24, 2.45) is 0 Å². The van der Waals surface area contributed by atoms with Crippen LogP contribution in [0.2, 0.25) is 0 Å². The monoisotopic (exact) mass is 261 g/mol. The third kappa shape index (κ3) is 2.35. The molecule has 1 aliphatic rings. The Hall–Kier alpha value is -1.13. The van der Waals surface area contributed by atoms with Crippen LogP contribution >= 0.6 is 11.3 Å². The molecule has 0 spiro atoms. The molecular formula is C14H19N3S. The molecule has 3 nitrogen and oxygen atoms in total. The van der Waals surface area contributed by atoms with Gasteiger partial charge in [0, 0.05) is 22.0 Å². The molecule has 0 saturated carbocycles. The minimum atomic E-state index is 0.498. The van der Waals surface area contributed by atoms with E-state index in [0.29, 0.717) is 6.04 Å². The summed E-state index contributed by atoms with van der Waals surface area (Å²) in [6, 6.07) is 4.98. The number of rotatable bonds is 4. The quantitative estimate of drug-likeness (QED) is 0.917. The Morgan fingerprint density at radius 2 is 2.33 bits per heavy atom. The van der Waals surface area contributed by atoms with Crippen LogP contribution < -0.4 is 5.32 Å². The Kier molecular flexibility index (Phi) is 3.48. The number of nitrogens with one attached hydrogen (secondary N) is 1. The van der Waals surface area contributed by atoms with Gasteiger partial charge in [0.05, 0.1) is 18.6 Å². The van der Waals surface area contributed by atoms with Gasteiger partial charge < -0.3 is 9.88 Å². The predicted molar refractivity (Wildman–Crippen MR) is 75.0 cm³/mol. The van der Waals surface area contributed by atoms with Gasteiger partial charge in [0.1, 0.15) is 0 Å². The molecule has 1 aliphatic heterocycles. The van der Waals surface area contributed by atoms with Gasteiger partial charge in [-0.1, -0.05) is 6.92 Å². The average molecular weight is 261 g/mol. The van der Waals surface area contributed by atoms with Crippen LogP contribution in [0.4, 0.5) is 0 Å². The molecule has 1 unspecified atom stereocenters. The first kappa shape index (κ1) is 11.9. The first-order valence-electron chi connectivity index (χ1n) is 6.68. The zero-order valence-electron chi connectivity index (χ0n) is 10.7. The standard InChI is InChI=1S/C14H19N3S/c1-2-11-5-6-12(18-11)9-17-10-15-8-14(17)13-4-3-7-16-13/h5-6,8,10,13,16H,2-4,7,9H2,1H3. The van der Waals surface area contributed by atoms with E-state index >= 15 is 0 Å². The average Bonchev–Trinajstić information content (AvgIpc) is 3.09. The normalized spacial score (nSPS) is 19.5. The maximum absolute atomic E-state index is 4.32. The molecule has 1 saturated heterocycles. The summed E-state index contributed by atoms with van der Waals surface area (Å²) in [5.74, 6) is 0. The molecule has 0 amide bonds. The van der Waals surface area contributed by atoms with E-state index < -0.39 is 0 Å². The van der Waals surface area contributed by atoms with Gasteiger partial charge in [-0.05, 0) is 37.9 Å². The lowest BCUT2D eigenvalue weighted by Gasteiger charge is -2.13. The molecule has 0 bridgehead atoms. The molecule has 0 aliphatic carbocycles. The van der Waals surface area contributed by atoms with E-state index in [1.165, 1.54) is 28.3 Å². The van der Waals surface area contributed by atoms with E-state index in [9.17, 15) is 0 Å². The van der Waals surface area contributed by atoms with Crippen molar-refractivity contribution in [1.29, 1.82) is 0 Å². The summed E-state index contributed by atoms with van der Waals surface area (Å²) in [6.07, 6.45) is 7.61. The smallest absolute Gasteiger partial charge is 0.0952 e. The first-order valence-corrected chi connectivity index (χ1v) is 7.49. The van der Waals surface area contributed by atoms with Crippen molar-refractivity contribution < 1.29 is 0 Å². The van der Waals surface area contributed by atoms with Crippen molar-refractivity contribution in [3.8, 4) is 0 Å². The number of nitrogens with zero attached hydrogens (tertiary/aromatic N) is 2. The Labute approximate surface area is 112 Å². The highest BCUT2D eigenvalue weighted by Gasteiger charge is 2.19. The minimum absolute atomic E-state index is 0.498. The summed E-state index contributed by atoms with van der Waals surface area (Å²) in [5.41, 5.74) is 1.33. The molecule has 3 rings (SSSR count). The maximum atomic E-state index is 4.32. The van der Waals surface area contributed by atoms with Gasteiger partial charge in [-0.3, -0.25) is 0 Å². The van der Waals surface area contributed by atoms with Crippen molar-refractivity contribution in [3.05, 3.63) is 40.1 Å². The zero-order valence-corrected chi connectivity index (χ0v) is 11.5. The van der Waals surface area contributed by atoms with E-state index in [1.807, 2.05) is 23.9 Å². The van der Waals surface area contributed by atoms with Crippen LogP contribution in [0.5, 0.6) is 0 Å². The van der Waals surface area contributed by atoms with Crippen molar-refractivity contribution in [2.45, 2.75) is 38.8 Å². The zero-order chi connectivity index (χ0) is 12.4. The van der Waals surface area contributed by atoms with E-state index in [0.717, 1.165) is 19.5 Å². The second-order valence-electron chi connectivity index (χ2n) is 4.82. The van der Waals surface area contributed by atoms with Gasteiger partial charge in [0.25, 0.3) is 0 Å². The molecule has 96 valence electrons. The fourth-order valence-corrected chi connectivity index (χ4v) is 3.51. The van der Waals surface area contributed by atoms with Gasteiger partial charge in [-0.2, -0.15) is 0 Å². The molecule has 18 heavy (non-hydrogen) atoms. The second kappa shape index (κ2) is 5.24. The largest absolute Gasteiger partial charge is 0.328 e. The lowest BCUT2D eigenvalue weighted by molar-refractivity contribution is 0.586. The predicted octanol–water partition coefficient (Wildman–Crippen LogP) is 2.98. The topological polar surface area (TPSA) is 29.9 Å². The van der Waals surface area contributed by atoms with Crippen molar-refractivity contribution in [2.75, 3.05) is 6.54 Å². The lowest BCUT2D eigenvalue weighted by atomic mass is 10.2. The van der Waals surface area contributed by atoms with Crippen LogP contribution in [0.3, 0.4) is 0 Å². The molecule has 0 radical (unpaired) electrons. The maximum Gasteiger partial charge on any atom is 0.0952 e. The molecule has 1 fully saturated rings. The lowest BCUT2D eigenvalue weighted by Crippen LogP contribution is -2.16.